The summed E-state index contributed by atoms with van der Waals surface area (Å²) < 4.78 is 36.0. The van der Waals surface area contributed by atoms with Crippen molar-refractivity contribution < 1.29 is 18.3 Å². The summed E-state index contributed by atoms with van der Waals surface area (Å²) >= 11 is 0. The third kappa shape index (κ3) is 3.86. The fourth-order valence-electron chi connectivity index (χ4n) is 5.28. The molecule has 178 valence electrons. The Morgan fingerprint density at radius 2 is 1.74 bits per heavy atom. The largest absolute Gasteiger partial charge is 0.438 e. The minimum atomic E-state index is -2.89. The smallest absolute Gasteiger partial charge is 0.285 e. The highest BCUT2D eigenvalue weighted by atomic mass is 19.3. The normalized spacial score (nSPS) is 18.1. The van der Waals surface area contributed by atoms with E-state index in [0.717, 1.165) is 12.6 Å². The number of hydrogen-bond acceptors (Lipinski definition) is 4. The van der Waals surface area contributed by atoms with Crippen molar-refractivity contribution in [2.45, 2.75) is 37.8 Å². The summed E-state index contributed by atoms with van der Waals surface area (Å²) in [4.78, 5) is 21.8. The van der Waals surface area contributed by atoms with Crippen molar-refractivity contribution in [2.75, 3.05) is 26.7 Å². The van der Waals surface area contributed by atoms with Crippen molar-refractivity contribution in [3.8, 4) is 11.6 Å². The summed E-state index contributed by atoms with van der Waals surface area (Å²) in [5, 5.41) is 0. The highest BCUT2D eigenvalue weighted by Crippen LogP contribution is 2.43. The Bertz CT molecular complexity index is 1180. The van der Waals surface area contributed by atoms with Crippen LogP contribution in [0.25, 0.3) is 0 Å². The van der Waals surface area contributed by atoms with Crippen LogP contribution in [0.5, 0.6) is 11.6 Å². The molecule has 1 fully saturated rings. The van der Waals surface area contributed by atoms with Gasteiger partial charge < -0.3 is 14.2 Å². The molecule has 1 spiro atoms. The number of halogens is 2. The molecule has 3 aromatic rings. The van der Waals surface area contributed by atoms with E-state index in [2.05, 4.69) is 9.88 Å². The van der Waals surface area contributed by atoms with E-state index in [1.54, 1.807) is 29.0 Å². The predicted octanol–water partition coefficient (Wildman–Crippen LogP) is 4.86. The lowest BCUT2D eigenvalue weighted by Crippen LogP contribution is -2.56. The first-order valence-electron chi connectivity index (χ1n) is 11.6. The van der Waals surface area contributed by atoms with Crippen LogP contribution in [-0.2, 0) is 18.0 Å². The first-order chi connectivity index (χ1) is 16.3. The zero-order valence-corrected chi connectivity index (χ0v) is 19.4. The van der Waals surface area contributed by atoms with Crippen LogP contribution >= 0.6 is 0 Å². The van der Waals surface area contributed by atoms with E-state index in [1.165, 1.54) is 0 Å². The average molecular weight is 467 g/mol. The summed E-state index contributed by atoms with van der Waals surface area (Å²) in [5.74, 6) is -2.14. The number of rotatable bonds is 4. The molecule has 0 bridgehead atoms. The molecule has 0 radical (unpaired) electrons. The third-order valence-electron chi connectivity index (χ3n) is 7.13. The van der Waals surface area contributed by atoms with E-state index in [-0.39, 0.29) is 23.0 Å². The molecule has 0 atom stereocenters. The Balaban J connectivity index is 1.37. The quantitative estimate of drug-likeness (QED) is 0.551. The van der Waals surface area contributed by atoms with Gasteiger partial charge in [-0.2, -0.15) is 0 Å². The van der Waals surface area contributed by atoms with Gasteiger partial charge in [0.1, 0.15) is 11.3 Å². The van der Waals surface area contributed by atoms with Crippen LogP contribution in [0, 0.1) is 0 Å². The fraction of sp³-hybridized carbons (Fsp3) is 0.385. The van der Waals surface area contributed by atoms with Gasteiger partial charge in [-0.3, -0.25) is 9.69 Å². The number of alkyl halides is 2. The number of likely N-dealkylation sites (tertiary alicyclic amines) is 1. The summed E-state index contributed by atoms with van der Waals surface area (Å²) in [6.45, 7) is 3.22. The van der Waals surface area contributed by atoms with Crippen LogP contribution in [0.4, 0.5) is 8.78 Å². The molecular formula is C26H28F2N4O2. The topological polar surface area (TPSA) is 50.6 Å². The van der Waals surface area contributed by atoms with Crippen LogP contribution in [0.15, 0.2) is 60.8 Å². The summed E-state index contributed by atoms with van der Waals surface area (Å²) in [5.41, 5.74) is 1.03. The molecule has 34 heavy (non-hydrogen) atoms. The van der Waals surface area contributed by atoms with Gasteiger partial charge in [-0.1, -0.05) is 18.2 Å². The van der Waals surface area contributed by atoms with E-state index < -0.39 is 5.92 Å². The summed E-state index contributed by atoms with van der Waals surface area (Å²) in [6, 6.07) is 16.1. The zero-order chi connectivity index (χ0) is 23.9. The average Bonchev–Trinajstić information content (AvgIpc) is 3.29. The number of carbonyl (C=O) groups excluding carboxylic acids is 1. The van der Waals surface area contributed by atoms with Crippen molar-refractivity contribution in [3.63, 3.8) is 0 Å². The Hall–Kier alpha value is -3.26. The van der Waals surface area contributed by atoms with Crippen molar-refractivity contribution in [3.05, 3.63) is 77.7 Å². The minimum Gasteiger partial charge on any atom is -0.438 e. The number of piperidine rings is 1. The first kappa shape index (κ1) is 22.5. The van der Waals surface area contributed by atoms with Crippen LogP contribution in [-0.4, -0.2) is 51.9 Å². The number of fused-ring (bicyclic) bond motifs is 2. The zero-order valence-electron chi connectivity index (χ0n) is 19.4. The van der Waals surface area contributed by atoms with Gasteiger partial charge in [-0.05, 0) is 56.3 Å². The molecule has 5 rings (SSSR count). The number of hydrogen-bond donors (Lipinski definition) is 0. The Morgan fingerprint density at radius 3 is 2.44 bits per heavy atom. The molecule has 0 N–H and O–H groups in total. The van der Waals surface area contributed by atoms with Gasteiger partial charge in [0.25, 0.3) is 11.8 Å². The highest BCUT2D eigenvalue weighted by Gasteiger charge is 2.46. The van der Waals surface area contributed by atoms with Gasteiger partial charge in [0.2, 0.25) is 5.88 Å². The predicted molar refractivity (Wildman–Crippen MR) is 124 cm³/mol. The summed E-state index contributed by atoms with van der Waals surface area (Å²) in [6.07, 6.45) is 2.94. The van der Waals surface area contributed by atoms with Gasteiger partial charge in [-0.15, -0.1) is 0 Å². The van der Waals surface area contributed by atoms with E-state index in [0.29, 0.717) is 50.3 Å². The fourth-order valence-corrected chi connectivity index (χ4v) is 5.28. The number of likely N-dealkylation sites (N-methyl/N-ethyl adjacent to an activating group) is 1. The number of pyridine rings is 1. The number of nitrogens with zero attached hydrogens (tertiary/aromatic N) is 4. The molecule has 1 aromatic carbocycles. The van der Waals surface area contributed by atoms with Crippen LogP contribution in [0.3, 0.4) is 0 Å². The van der Waals surface area contributed by atoms with Crippen molar-refractivity contribution in [1.82, 2.24) is 19.4 Å². The molecule has 0 unspecified atom stereocenters. The number of benzene rings is 1. The third-order valence-corrected chi connectivity index (χ3v) is 7.13. The van der Waals surface area contributed by atoms with Gasteiger partial charge in [0.15, 0.2) is 0 Å². The molecule has 8 heteroatoms. The van der Waals surface area contributed by atoms with Gasteiger partial charge >= 0.3 is 0 Å². The molecule has 2 aliphatic heterocycles. The molecule has 6 nitrogen and oxygen atoms in total. The number of amides is 1. The maximum atomic E-state index is 14.2. The highest BCUT2D eigenvalue weighted by molar-refractivity contribution is 5.96. The van der Waals surface area contributed by atoms with Gasteiger partial charge in [0, 0.05) is 45.0 Å². The Labute approximate surface area is 197 Å². The molecule has 0 aliphatic carbocycles. The van der Waals surface area contributed by atoms with Crippen LogP contribution in [0.2, 0.25) is 0 Å². The molecule has 1 amide bonds. The maximum absolute atomic E-state index is 14.2. The minimum absolute atomic E-state index is 0.0616. The molecule has 2 aromatic heterocycles. The molecule has 1 saturated heterocycles. The van der Waals surface area contributed by atoms with E-state index in [9.17, 15) is 13.6 Å². The number of ether oxygens (including phenoxy) is 1. The molecular weight excluding hydrogens is 438 g/mol. The van der Waals surface area contributed by atoms with Crippen molar-refractivity contribution in [1.29, 1.82) is 0 Å². The maximum Gasteiger partial charge on any atom is 0.285 e. The lowest BCUT2D eigenvalue weighted by atomic mass is 9.81. The van der Waals surface area contributed by atoms with Crippen LogP contribution < -0.4 is 4.74 Å². The summed E-state index contributed by atoms with van der Waals surface area (Å²) in [7, 11) is 2.05. The second-order valence-corrected chi connectivity index (χ2v) is 9.16. The standard InChI is InChI=1S/C26H28F2N4O2/c1-25(27,28)21-10-11-22-26(30(2)17-18-32(21)22)12-15-31(16-13-26)24(33)20-9-6-14-29-23(20)34-19-7-4-3-5-8-19/h3-11,14H,12-13,15-18H2,1-2H3. The second kappa shape index (κ2) is 8.51. The monoisotopic (exact) mass is 466 g/mol. The van der Waals surface area contributed by atoms with Crippen molar-refractivity contribution in [2.24, 2.45) is 0 Å². The lowest BCUT2D eigenvalue weighted by molar-refractivity contribution is -0.00704. The molecule has 2 aliphatic rings. The van der Waals surface area contributed by atoms with Gasteiger partial charge in [-0.25, -0.2) is 13.8 Å². The van der Waals surface area contributed by atoms with Gasteiger partial charge in [0.05, 0.1) is 11.2 Å². The van der Waals surface area contributed by atoms with Crippen LogP contribution in [0.1, 0.15) is 41.5 Å². The van der Waals surface area contributed by atoms with E-state index >= 15 is 0 Å². The Kier molecular flexibility index (Phi) is 5.64. The Morgan fingerprint density at radius 1 is 1.00 bits per heavy atom. The molecule has 4 heterocycles. The number of para-hydroxylation sites is 1. The number of carbonyl (C=O) groups is 1. The van der Waals surface area contributed by atoms with Crippen molar-refractivity contribution >= 4 is 5.91 Å². The number of aromatic nitrogens is 2. The first-order valence-corrected chi connectivity index (χ1v) is 11.6. The lowest BCUT2D eigenvalue weighted by Gasteiger charge is -2.50. The second-order valence-electron chi connectivity index (χ2n) is 9.16. The van der Waals surface area contributed by atoms with E-state index in [4.69, 9.17) is 4.74 Å². The van der Waals surface area contributed by atoms with E-state index in [1.807, 2.05) is 48.3 Å². The SMILES string of the molecule is CN1CCn2c(C(C)(F)F)ccc2C12CCN(C(=O)c1cccnc1Oc1ccccc1)CC2. The molecule has 0 saturated carbocycles.